The predicted molar refractivity (Wildman–Crippen MR) is 118 cm³/mol. The smallest absolute Gasteiger partial charge is 0.251 e. The van der Waals surface area contributed by atoms with Crippen molar-refractivity contribution in [3.05, 3.63) is 54.1 Å². The minimum Gasteiger partial charge on any atom is -0.497 e. The Kier molecular flexibility index (Phi) is 6.99. The molecule has 0 bridgehead atoms. The molecule has 1 saturated heterocycles. The second-order valence-corrected chi connectivity index (χ2v) is 9.81. The summed E-state index contributed by atoms with van der Waals surface area (Å²) in [6.45, 7) is 2.39. The topological polar surface area (TPSA) is 79.0 Å². The molecule has 162 valence electrons. The summed E-state index contributed by atoms with van der Waals surface area (Å²) in [5.41, 5.74) is 1.62. The van der Waals surface area contributed by atoms with Crippen molar-refractivity contribution in [2.24, 2.45) is 5.92 Å². The molecule has 1 heterocycles. The quantitative estimate of drug-likeness (QED) is 0.729. The molecule has 8 heteroatoms. The van der Waals surface area contributed by atoms with Crippen LogP contribution in [0.25, 0.3) is 0 Å². The average Bonchev–Trinajstić information content (AvgIpc) is 2.77. The summed E-state index contributed by atoms with van der Waals surface area (Å²) in [5.74, 6) is 0.999. The van der Waals surface area contributed by atoms with Crippen molar-refractivity contribution in [1.29, 1.82) is 0 Å². The van der Waals surface area contributed by atoms with Gasteiger partial charge >= 0.3 is 0 Å². The molecule has 0 unspecified atom stereocenters. The van der Waals surface area contributed by atoms with Gasteiger partial charge in [0.25, 0.3) is 5.91 Å². The number of rotatable bonds is 7. The number of carbonyl (C=O) groups excluding carboxylic acids is 1. The van der Waals surface area contributed by atoms with E-state index in [0.29, 0.717) is 28.7 Å². The minimum atomic E-state index is -3.41. The van der Waals surface area contributed by atoms with Crippen molar-refractivity contribution < 1.29 is 17.9 Å². The molecule has 1 amide bonds. The van der Waals surface area contributed by atoms with Crippen molar-refractivity contribution >= 4 is 21.6 Å². The zero-order chi connectivity index (χ0) is 21.7. The Balaban J connectivity index is 1.50. The van der Waals surface area contributed by atoms with Gasteiger partial charge in [0.15, 0.2) is 0 Å². The average molecular weight is 432 g/mol. The molecule has 0 radical (unpaired) electrons. The predicted octanol–water partition coefficient (Wildman–Crippen LogP) is 2.59. The SMILES string of the molecule is COc1cccc(C(=O)NCC2CCN(c3ccc(S(=O)(=O)N(C)C)cc3)CC2)c1. The molecule has 1 aliphatic heterocycles. The molecular weight excluding hydrogens is 402 g/mol. The van der Waals surface area contributed by atoms with Crippen LogP contribution in [0.5, 0.6) is 5.75 Å². The number of piperidine rings is 1. The molecule has 7 nitrogen and oxygen atoms in total. The second kappa shape index (κ2) is 9.49. The summed E-state index contributed by atoms with van der Waals surface area (Å²) in [7, 11) is 1.23. The van der Waals surface area contributed by atoms with E-state index in [0.717, 1.165) is 31.6 Å². The molecular formula is C22H29N3O4S. The summed E-state index contributed by atoms with van der Waals surface area (Å²) in [4.78, 5) is 14.9. The van der Waals surface area contributed by atoms with Gasteiger partial charge < -0.3 is 15.0 Å². The van der Waals surface area contributed by atoms with E-state index in [1.165, 1.54) is 18.4 Å². The van der Waals surface area contributed by atoms with Crippen LogP contribution in [0.15, 0.2) is 53.4 Å². The van der Waals surface area contributed by atoms with Crippen molar-refractivity contribution in [3.63, 3.8) is 0 Å². The van der Waals surface area contributed by atoms with E-state index >= 15 is 0 Å². The van der Waals surface area contributed by atoms with E-state index in [1.54, 1.807) is 37.4 Å². The van der Waals surface area contributed by atoms with Gasteiger partial charge in [-0.25, -0.2) is 12.7 Å². The zero-order valence-electron chi connectivity index (χ0n) is 17.7. The van der Waals surface area contributed by atoms with Crippen molar-refractivity contribution in [1.82, 2.24) is 9.62 Å². The summed E-state index contributed by atoms with van der Waals surface area (Å²) in [5, 5.41) is 3.02. The van der Waals surface area contributed by atoms with Gasteiger partial charge in [0.2, 0.25) is 10.0 Å². The van der Waals surface area contributed by atoms with Crippen LogP contribution in [-0.4, -0.2) is 59.5 Å². The molecule has 1 N–H and O–H groups in total. The van der Waals surface area contributed by atoms with Crippen LogP contribution in [0.2, 0.25) is 0 Å². The molecule has 30 heavy (non-hydrogen) atoms. The fourth-order valence-electron chi connectivity index (χ4n) is 3.54. The third-order valence-corrected chi connectivity index (χ3v) is 7.31. The number of hydrogen-bond acceptors (Lipinski definition) is 5. The Morgan fingerprint density at radius 1 is 1.13 bits per heavy atom. The highest BCUT2D eigenvalue weighted by atomic mass is 32.2. The number of hydrogen-bond donors (Lipinski definition) is 1. The third-order valence-electron chi connectivity index (χ3n) is 5.48. The zero-order valence-corrected chi connectivity index (χ0v) is 18.5. The summed E-state index contributed by atoms with van der Waals surface area (Å²) in [6.07, 6.45) is 1.94. The summed E-state index contributed by atoms with van der Waals surface area (Å²) >= 11 is 0. The largest absolute Gasteiger partial charge is 0.497 e. The lowest BCUT2D eigenvalue weighted by molar-refractivity contribution is 0.0944. The van der Waals surface area contributed by atoms with Crippen LogP contribution in [-0.2, 0) is 10.0 Å². The van der Waals surface area contributed by atoms with E-state index in [1.807, 2.05) is 18.2 Å². The highest BCUT2D eigenvalue weighted by Crippen LogP contribution is 2.25. The van der Waals surface area contributed by atoms with Crippen LogP contribution in [0.3, 0.4) is 0 Å². The lowest BCUT2D eigenvalue weighted by atomic mass is 9.96. The molecule has 1 aliphatic rings. The van der Waals surface area contributed by atoms with E-state index in [2.05, 4.69) is 10.2 Å². The number of ether oxygens (including phenoxy) is 1. The second-order valence-electron chi connectivity index (χ2n) is 7.65. The first-order chi connectivity index (χ1) is 14.3. The highest BCUT2D eigenvalue weighted by Gasteiger charge is 2.22. The van der Waals surface area contributed by atoms with Crippen molar-refractivity contribution in [2.45, 2.75) is 17.7 Å². The van der Waals surface area contributed by atoms with Crippen LogP contribution in [0, 0.1) is 5.92 Å². The summed E-state index contributed by atoms with van der Waals surface area (Å²) in [6, 6.07) is 14.2. The monoisotopic (exact) mass is 431 g/mol. The Hall–Kier alpha value is -2.58. The van der Waals surface area contributed by atoms with Gasteiger partial charge in [-0.05, 0) is 61.2 Å². The van der Waals surface area contributed by atoms with Crippen LogP contribution < -0.4 is 15.0 Å². The van der Waals surface area contributed by atoms with Gasteiger partial charge in [-0.3, -0.25) is 4.79 Å². The number of benzene rings is 2. The molecule has 2 aromatic rings. The van der Waals surface area contributed by atoms with Gasteiger partial charge in [0.05, 0.1) is 12.0 Å². The molecule has 0 saturated carbocycles. The number of carbonyl (C=O) groups is 1. The first-order valence-electron chi connectivity index (χ1n) is 10.0. The van der Waals surface area contributed by atoms with Gasteiger partial charge in [-0.15, -0.1) is 0 Å². The molecule has 2 aromatic carbocycles. The molecule has 1 fully saturated rings. The Morgan fingerprint density at radius 2 is 1.80 bits per heavy atom. The molecule has 0 aromatic heterocycles. The number of anilines is 1. The van der Waals surface area contributed by atoms with Crippen LogP contribution in [0.1, 0.15) is 23.2 Å². The third kappa shape index (κ3) is 5.12. The Labute approximate surface area is 178 Å². The van der Waals surface area contributed by atoms with Crippen LogP contribution in [0.4, 0.5) is 5.69 Å². The highest BCUT2D eigenvalue weighted by molar-refractivity contribution is 7.89. The number of nitrogens with one attached hydrogen (secondary N) is 1. The number of sulfonamides is 1. The Bertz CT molecular complexity index is 966. The standard InChI is InChI=1S/C22H29N3O4S/c1-24(2)30(27,28)21-9-7-19(8-10-21)25-13-11-17(12-14-25)16-23-22(26)18-5-4-6-20(15-18)29-3/h4-10,15,17H,11-14,16H2,1-3H3,(H,23,26). The molecule has 0 atom stereocenters. The minimum absolute atomic E-state index is 0.0889. The maximum atomic E-state index is 12.4. The molecule has 0 aliphatic carbocycles. The number of amides is 1. The lowest BCUT2D eigenvalue weighted by Gasteiger charge is -2.33. The van der Waals surface area contributed by atoms with E-state index in [9.17, 15) is 13.2 Å². The number of methoxy groups -OCH3 is 1. The first kappa shape index (κ1) is 22.1. The number of nitrogens with zero attached hydrogens (tertiary/aromatic N) is 2. The maximum absolute atomic E-state index is 12.4. The van der Waals surface area contributed by atoms with Crippen LogP contribution >= 0.6 is 0 Å². The Morgan fingerprint density at radius 3 is 2.40 bits per heavy atom. The van der Waals surface area contributed by atoms with Crippen molar-refractivity contribution in [3.8, 4) is 5.75 Å². The molecule has 3 rings (SSSR count). The van der Waals surface area contributed by atoms with Gasteiger partial charge in [0, 0.05) is 45.0 Å². The molecule has 0 spiro atoms. The fraction of sp³-hybridized carbons (Fsp3) is 0.409. The van der Waals surface area contributed by atoms with Crippen molar-refractivity contribution in [2.75, 3.05) is 45.7 Å². The van der Waals surface area contributed by atoms with E-state index in [-0.39, 0.29) is 5.91 Å². The van der Waals surface area contributed by atoms with Gasteiger partial charge in [-0.2, -0.15) is 0 Å². The van der Waals surface area contributed by atoms with Gasteiger partial charge in [0.1, 0.15) is 5.75 Å². The first-order valence-corrected chi connectivity index (χ1v) is 11.4. The fourth-order valence-corrected chi connectivity index (χ4v) is 4.44. The van der Waals surface area contributed by atoms with E-state index in [4.69, 9.17) is 4.74 Å². The lowest BCUT2D eigenvalue weighted by Crippen LogP contribution is -2.38. The summed E-state index contributed by atoms with van der Waals surface area (Å²) < 4.78 is 30.8. The van der Waals surface area contributed by atoms with Gasteiger partial charge in [-0.1, -0.05) is 6.07 Å². The van der Waals surface area contributed by atoms with E-state index < -0.39 is 10.0 Å². The maximum Gasteiger partial charge on any atom is 0.251 e. The normalized spacial score (nSPS) is 15.3.